The molecule has 1 rings (SSSR count). The van der Waals surface area contributed by atoms with Crippen LogP contribution in [0.25, 0.3) is 0 Å². The van der Waals surface area contributed by atoms with Crippen molar-refractivity contribution in [1.29, 1.82) is 0 Å². The van der Waals surface area contributed by atoms with Crippen molar-refractivity contribution in [2.75, 3.05) is 6.26 Å². The first-order chi connectivity index (χ1) is 9.99. The summed E-state index contributed by atoms with van der Waals surface area (Å²) in [5, 5.41) is 2.77. The van der Waals surface area contributed by atoms with Crippen LogP contribution in [0.2, 0.25) is 0 Å². The Balaban J connectivity index is 2.54. The van der Waals surface area contributed by atoms with Gasteiger partial charge >= 0.3 is 0 Å². The molecule has 0 saturated heterocycles. The Hall–Kier alpha value is -1.47. The molecule has 1 unspecified atom stereocenters. The van der Waals surface area contributed by atoms with E-state index in [4.69, 9.17) is 0 Å². The number of rotatable bonds is 7. The fourth-order valence-electron chi connectivity index (χ4n) is 2.06. The maximum atomic E-state index is 13.1. The molecule has 0 aliphatic rings. The van der Waals surface area contributed by atoms with Gasteiger partial charge in [0.15, 0.2) is 0 Å². The van der Waals surface area contributed by atoms with Gasteiger partial charge in [-0.3, -0.25) is 4.79 Å². The molecule has 0 aromatic heterocycles. The van der Waals surface area contributed by atoms with Crippen LogP contribution in [0.15, 0.2) is 24.3 Å². The number of amides is 1. The van der Waals surface area contributed by atoms with Crippen LogP contribution < -0.4 is 10.0 Å². The number of hydrogen-bond donors (Lipinski definition) is 2. The zero-order chi connectivity index (χ0) is 17.0. The third-order valence-electron chi connectivity index (χ3n) is 3.14. The van der Waals surface area contributed by atoms with Gasteiger partial charge in [0.2, 0.25) is 15.9 Å². The lowest BCUT2D eigenvalue weighted by Crippen LogP contribution is -2.56. The van der Waals surface area contributed by atoms with Crippen molar-refractivity contribution in [1.82, 2.24) is 10.0 Å². The predicted molar refractivity (Wildman–Crippen MR) is 84.4 cm³/mol. The Kier molecular flexibility index (Phi) is 6.08. The first kappa shape index (κ1) is 18.6. The van der Waals surface area contributed by atoms with E-state index in [1.54, 1.807) is 6.07 Å². The molecule has 1 aromatic carbocycles. The van der Waals surface area contributed by atoms with Gasteiger partial charge in [-0.15, -0.1) is 0 Å². The molecule has 0 saturated carbocycles. The summed E-state index contributed by atoms with van der Waals surface area (Å²) in [7, 11) is -3.48. The molecule has 0 heterocycles. The van der Waals surface area contributed by atoms with Gasteiger partial charge in [0, 0.05) is 6.04 Å². The van der Waals surface area contributed by atoms with E-state index < -0.39 is 21.5 Å². The van der Waals surface area contributed by atoms with Crippen LogP contribution in [0.3, 0.4) is 0 Å². The van der Waals surface area contributed by atoms with E-state index in [1.807, 2.05) is 13.0 Å². The normalized spacial score (nSPS) is 13.7. The molecule has 1 amide bonds. The minimum atomic E-state index is -3.48. The molecule has 22 heavy (non-hydrogen) atoms. The molecule has 0 aliphatic heterocycles. The van der Waals surface area contributed by atoms with E-state index in [9.17, 15) is 17.6 Å². The van der Waals surface area contributed by atoms with Gasteiger partial charge in [-0.25, -0.2) is 17.5 Å². The van der Waals surface area contributed by atoms with Crippen molar-refractivity contribution in [3.63, 3.8) is 0 Å². The topological polar surface area (TPSA) is 75.3 Å². The standard InChI is InChI=1S/C15H23FN2O3S/c1-11(8-9-12-6-5-7-13(16)10-12)17-14(19)15(2,3)18-22(4,20)21/h5-7,10-11,18H,8-9H2,1-4H3,(H,17,19). The number of hydrogen-bond acceptors (Lipinski definition) is 3. The lowest BCUT2D eigenvalue weighted by atomic mass is 10.0. The first-order valence-corrected chi connectivity index (χ1v) is 8.93. The predicted octanol–water partition coefficient (Wildman–Crippen LogP) is 1.59. The monoisotopic (exact) mass is 330 g/mol. The van der Waals surface area contributed by atoms with E-state index in [2.05, 4.69) is 10.0 Å². The molecule has 7 heteroatoms. The molecule has 124 valence electrons. The number of benzene rings is 1. The fraction of sp³-hybridized carbons (Fsp3) is 0.533. The summed E-state index contributed by atoms with van der Waals surface area (Å²) in [5.74, 6) is -0.683. The number of nitrogens with one attached hydrogen (secondary N) is 2. The Bertz CT molecular complexity index is 629. The fourth-order valence-corrected chi connectivity index (χ4v) is 3.08. The van der Waals surface area contributed by atoms with E-state index in [-0.39, 0.29) is 11.9 Å². The number of carbonyl (C=O) groups excluding carboxylic acids is 1. The number of sulfonamides is 1. The summed E-state index contributed by atoms with van der Waals surface area (Å²) in [4.78, 5) is 12.1. The summed E-state index contributed by atoms with van der Waals surface area (Å²) in [6.07, 6.45) is 2.26. The molecule has 0 bridgehead atoms. The maximum Gasteiger partial charge on any atom is 0.240 e. The van der Waals surface area contributed by atoms with E-state index in [0.717, 1.165) is 11.8 Å². The Morgan fingerprint density at radius 3 is 2.55 bits per heavy atom. The van der Waals surface area contributed by atoms with Gasteiger partial charge in [0.05, 0.1) is 6.26 Å². The average molecular weight is 330 g/mol. The largest absolute Gasteiger partial charge is 0.352 e. The second-order valence-corrected chi connectivity index (χ2v) is 7.79. The Morgan fingerprint density at radius 2 is 2.00 bits per heavy atom. The molecule has 2 N–H and O–H groups in total. The van der Waals surface area contributed by atoms with Gasteiger partial charge < -0.3 is 5.32 Å². The van der Waals surface area contributed by atoms with Crippen LogP contribution in [-0.4, -0.2) is 32.2 Å². The average Bonchev–Trinajstić information content (AvgIpc) is 2.33. The van der Waals surface area contributed by atoms with Crippen molar-refractivity contribution >= 4 is 15.9 Å². The molecule has 1 aromatic rings. The summed E-state index contributed by atoms with van der Waals surface area (Å²) < 4.78 is 37.9. The SMILES string of the molecule is CC(CCc1cccc(F)c1)NC(=O)C(C)(C)NS(C)(=O)=O. The van der Waals surface area contributed by atoms with E-state index in [1.165, 1.54) is 26.0 Å². The lowest BCUT2D eigenvalue weighted by molar-refractivity contribution is -0.126. The third-order valence-corrected chi connectivity index (χ3v) is 4.02. The highest BCUT2D eigenvalue weighted by Crippen LogP contribution is 2.09. The first-order valence-electron chi connectivity index (χ1n) is 7.04. The zero-order valence-corrected chi connectivity index (χ0v) is 14.1. The van der Waals surface area contributed by atoms with Crippen molar-refractivity contribution in [2.24, 2.45) is 0 Å². The molecular weight excluding hydrogens is 307 g/mol. The van der Waals surface area contributed by atoms with Crippen LogP contribution >= 0.6 is 0 Å². The maximum absolute atomic E-state index is 13.1. The highest BCUT2D eigenvalue weighted by Gasteiger charge is 2.31. The molecule has 0 aliphatic carbocycles. The highest BCUT2D eigenvalue weighted by atomic mass is 32.2. The lowest BCUT2D eigenvalue weighted by Gasteiger charge is -2.26. The van der Waals surface area contributed by atoms with Crippen molar-refractivity contribution in [2.45, 2.75) is 45.2 Å². The second kappa shape index (κ2) is 7.19. The number of aryl methyl sites for hydroxylation is 1. The minimum Gasteiger partial charge on any atom is -0.352 e. The smallest absolute Gasteiger partial charge is 0.240 e. The van der Waals surface area contributed by atoms with E-state index >= 15 is 0 Å². The summed E-state index contributed by atoms with van der Waals surface area (Å²) in [5.41, 5.74) is -0.365. The summed E-state index contributed by atoms with van der Waals surface area (Å²) >= 11 is 0. The van der Waals surface area contributed by atoms with E-state index in [0.29, 0.717) is 12.8 Å². The minimum absolute atomic E-state index is 0.156. The molecule has 5 nitrogen and oxygen atoms in total. The van der Waals surface area contributed by atoms with Crippen molar-refractivity contribution in [3.05, 3.63) is 35.6 Å². The summed E-state index contributed by atoms with van der Waals surface area (Å²) in [6, 6.07) is 6.16. The second-order valence-electron chi connectivity index (χ2n) is 6.04. The van der Waals surface area contributed by atoms with Gasteiger partial charge in [0.25, 0.3) is 0 Å². The molecule has 0 radical (unpaired) electrons. The van der Waals surface area contributed by atoms with Crippen molar-refractivity contribution < 1.29 is 17.6 Å². The number of halogens is 1. The van der Waals surface area contributed by atoms with Crippen molar-refractivity contribution in [3.8, 4) is 0 Å². The molecule has 0 fully saturated rings. The van der Waals surface area contributed by atoms with Gasteiger partial charge in [0.1, 0.15) is 11.4 Å². The third kappa shape index (κ3) is 6.53. The van der Waals surface area contributed by atoms with Crippen LogP contribution in [-0.2, 0) is 21.2 Å². The van der Waals surface area contributed by atoms with Crippen LogP contribution in [0.5, 0.6) is 0 Å². The van der Waals surface area contributed by atoms with Crippen LogP contribution in [0.1, 0.15) is 32.8 Å². The highest BCUT2D eigenvalue weighted by molar-refractivity contribution is 7.88. The van der Waals surface area contributed by atoms with Gasteiger partial charge in [-0.05, 0) is 51.3 Å². The van der Waals surface area contributed by atoms with Crippen LogP contribution in [0, 0.1) is 5.82 Å². The van der Waals surface area contributed by atoms with Crippen LogP contribution in [0.4, 0.5) is 4.39 Å². The van der Waals surface area contributed by atoms with Gasteiger partial charge in [-0.1, -0.05) is 12.1 Å². The quantitative estimate of drug-likeness (QED) is 0.797. The zero-order valence-electron chi connectivity index (χ0n) is 13.3. The molecular formula is C15H23FN2O3S. The van der Waals surface area contributed by atoms with Gasteiger partial charge in [-0.2, -0.15) is 0 Å². The summed E-state index contributed by atoms with van der Waals surface area (Å²) in [6.45, 7) is 4.83. The number of carbonyl (C=O) groups is 1. The Morgan fingerprint density at radius 1 is 1.36 bits per heavy atom. The Labute approximate surface area is 131 Å². The molecule has 1 atom stereocenters. The molecule has 0 spiro atoms.